The maximum Gasteiger partial charge on any atom is 0.253 e. The smallest absolute Gasteiger partial charge is 0.253 e. The molecule has 0 radical (unpaired) electrons. The van der Waals surface area contributed by atoms with Crippen LogP contribution in [0.3, 0.4) is 0 Å². The summed E-state index contributed by atoms with van der Waals surface area (Å²) in [6, 6.07) is 17.1. The molecule has 28 heavy (non-hydrogen) atoms. The molecule has 0 unspecified atom stereocenters. The third kappa shape index (κ3) is 4.71. The lowest BCUT2D eigenvalue weighted by Crippen LogP contribution is -2.51. The second-order valence-electron chi connectivity index (χ2n) is 7.52. The first-order valence-corrected chi connectivity index (χ1v) is 9.86. The number of rotatable bonds is 6. The lowest BCUT2D eigenvalue weighted by Gasteiger charge is -2.39. The fraction of sp³-hybridized carbons (Fsp3) is 0.391. The Labute approximate surface area is 166 Å². The van der Waals surface area contributed by atoms with Crippen LogP contribution < -0.4 is 10.1 Å². The highest BCUT2D eigenvalue weighted by Crippen LogP contribution is 2.31. The molecule has 1 heterocycles. The van der Waals surface area contributed by atoms with Crippen LogP contribution >= 0.6 is 0 Å². The Morgan fingerprint density at radius 3 is 2.50 bits per heavy atom. The summed E-state index contributed by atoms with van der Waals surface area (Å²) >= 11 is 0. The Morgan fingerprint density at radius 1 is 1.11 bits per heavy atom. The van der Waals surface area contributed by atoms with Crippen LogP contribution in [-0.4, -0.2) is 36.4 Å². The van der Waals surface area contributed by atoms with E-state index in [0.29, 0.717) is 31.8 Å². The van der Waals surface area contributed by atoms with Gasteiger partial charge in [0.15, 0.2) is 0 Å². The van der Waals surface area contributed by atoms with Crippen molar-refractivity contribution in [1.82, 2.24) is 10.2 Å². The summed E-state index contributed by atoms with van der Waals surface area (Å²) in [6.45, 7) is 6.08. The SMILES string of the molecule is CCOc1ccc(C(=O)N2CCC[C@](C)(C(=O)NCc3ccccc3)C2)cc1. The quantitative estimate of drug-likeness (QED) is 0.832. The van der Waals surface area contributed by atoms with Gasteiger partial charge in [0, 0.05) is 25.2 Å². The Kier molecular flexibility index (Phi) is 6.34. The van der Waals surface area contributed by atoms with Gasteiger partial charge in [0.05, 0.1) is 12.0 Å². The van der Waals surface area contributed by atoms with Crippen molar-refractivity contribution in [2.24, 2.45) is 5.41 Å². The molecule has 0 aromatic heterocycles. The largest absolute Gasteiger partial charge is 0.494 e. The third-order valence-electron chi connectivity index (χ3n) is 5.24. The summed E-state index contributed by atoms with van der Waals surface area (Å²) < 4.78 is 5.44. The van der Waals surface area contributed by atoms with E-state index >= 15 is 0 Å². The minimum Gasteiger partial charge on any atom is -0.494 e. The number of ether oxygens (including phenoxy) is 1. The second-order valence-corrected chi connectivity index (χ2v) is 7.52. The van der Waals surface area contributed by atoms with E-state index < -0.39 is 5.41 Å². The minimum atomic E-state index is -0.575. The van der Waals surface area contributed by atoms with Crippen LogP contribution in [-0.2, 0) is 11.3 Å². The van der Waals surface area contributed by atoms with E-state index in [1.165, 1.54) is 0 Å². The maximum absolute atomic E-state index is 12.9. The molecule has 0 spiro atoms. The van der Waals surface area contributed by atoms with Gasteiger partial charge in [0.1, 0.15) is 5.75 Å². The van der Waals surface area contributed by atoms with Crippen molar-refractivity contribution in [3.63, 3.8) is 0 Å². The monoisotopic (exact) mass is 380 g/mol. The van der Waals surface area contributed by atoms with Crippen LogP contribution in [0.15, 0.2) is 54.6 Å². The topological polar surface area (TPSA) is 58.6 Å². The van der Waals surface area contributed by atoms with E-state index in [4.69, 9.17) is 4.74 Å². The molecule has 1 saturated heterocycles. The van der Waals surface area contributed by atoms with Gasteiger partial charge >= 0.3 is 0 Å². The zero-order valence-electron chi connectivity index (χ0n) is 16.6. The molecule has 3 rings (SSSR count). The highest BCUT2D eigenvalue weighted by atomic mass is 16.5. The summed E-state index contributed by atoms with van der Waals surface area (Å²) in [5.74, 6) is 0.716. The number of nitrogens with zero attached hydrogens (tertiary/aromatic N) is 1. The van der Waals surface area contributed by atoms with Crippen molar-refractivity contribution in [2.45, 2.75) is 33.2 Å². The molecule has 0 aliphatic carbocycles. The zero-order valence-corrected chi connectivity index (χ0v) is 16.6. The molecule has 1 aliphatic heterocycles. The molecule has 2 aromatic rings. The molecule has 1 atom stereocenters. The maximum atomic E-state index is 12.9. The number of carbonyl (C=O) groups excluding carboxylic acids is 2. The average Bonchev–Trinajstić information content (AvgIpc) is 2.73. The number of hydrogen-bond acceptors (Lipinski definition) is 3. The van der Waals surface area contributed by atoms with Gasteiger partial charge in [-0.1, -0.05) is 30.3 Å². The number of amides is 2. The number of benzene rings is 2. The molecule has 1 fully saturated rings. The van der Waals surface area contributed by atoms with E-state index in [1.54, 1.807) is 17.0 Å². The number of nitrogens with one attached hydrogen (secondary N) is 1. The summed E-state index contributed by atoms with van der Waals surface area (Å²) in [5.41, 5.74) is 1.11. The molecule has 0 saturated carbocycles. The average molecular weight is 380 g/mol. The van der Waals surface area contributed by atoms with Gasteiger partial charge in [0.2, 0.25) is 5.91 Å². The van der Waals surface area contributed by atoms with Crippen LogP contribution in [0.2, 0.25) is 0 Å². The highest BCUT2D eigenvalue weighted by Gasteiger charge is 2.39. The second kappa shape index (κ2) is 8.91. The Hall–Kier alpha value is -2.82. The predicted octanol–water partition coefficient (Wildman–Crippen LogP) is 3.64. The molecular weight excluding hydrogens is 352 g/mol. The Bertz CT molecular complexity index is 804. The van der Waals surface area contributed by atoms with Crippen molar-refractivity contribution >= 4 is 11.8 Å². The molecular formula is C23H28N2O3. The first kappa shape index (κ1) is 19.9. The van der Waals surface area contributed by atoms with Gasteiger partial charge in [-0.15, -0.1) is 0 Å². The van der Waals surface area contributed by atoms with E-state index in [-0.39, 0.29) is 11.8 Å². The van der Waals surface area contributed by atoms with Gasteiger partial charge in [-0.2, -0.15) is 0 Å². The first-order chi connectivity index (χ1) is 13.5. The van der Waals surface area contributed by atoms with E-state index in [0.717, 1.165) is 24.2 Å². The summed E-state index contributed by atoms with van der Waals surface area (Å²) in [5, 5.41) is 3.04. The zero-order chi connectivity index (χ0) is 20.0. The van der Waals surface area contributed by atoms with Crippen molar-refractivity contribution in [2.75, 3.05) is 19.7 Å². The molecule has 148 valence electrons. The Balaban J connectivity index is 1.63. The third-order valence-corrected chi connectivity index (χ3v) is 5.24. The van der Waals surface area contributed by atoms with E-state index in [2.05, 4.69) is 5.32 Å². The number of hydrogen-bond donors (Lipinski definition) is 1. The normalized spacial score (nSPS) is 19.1. The molecule has 5 nitrogen and oxygen atoms in total. The minimum absolute atomic E-state index is 0.000506. The summed E-state index contributed by atoms with van der Waals surface area (Å²) in [4.78, 5) is 27.6. The van der Waals surface area contributed by atoms with Crippen LogP contribution in [0.1, 0.15) is 42.6 Å². The number of carbonyl (C=O) groups is 2. The number of piperidine rings is 1. The summed E-state index contributed by atoms with van der Waals surface area (Å²) in [7, 11) is 0. The molecule has 2 amide bonds. The highest BCUT2D eigenvalue weighted by molar-refractivity contribution is 5.95. The van der Waals surface area contributed by atoms with Gasteiger partial charge in [-0.25, -0.2) is 0 Å². The van der Waals surface area contributed by atoms with Crippen molar-refractivity contribution in [3.8, 4) is 5.75 Å². The van der Waals surface area contributed by atoms with Crippen molar-refractivity contribution in [1.29, 1.82) is 0 Å². The van der Waals surface area contributed by atoms with Crippen LogP contribution in [0, 0.1) is 5.41 Å². The molecule has 1 aliphatic rings. The van der Waals surface area contributed by atoms with E-state index in [9.17, 15) is 9.59 Å². The molecule has 0 bridgehead atoms. The molecule has 1 N–H and O–H groups in total. The lowest BCUT2D eigenvalue weighted by molar-refractivity contribution is -0.132. The van der Waals surface area contributed by atoms with Gasteiger partial charge < -0.3 is 15.0 Å². The van der Waals surface area contributed by atoms with E-state index in [1.807, 2.05) is 56.3 Å². The first-order valence-electron chi connectivity index (χ1n) is 9.86. The van der Waals surface area contributed by atoms with Crippen LogP contribution in [0.5, 0.6) is 5.75 Å². The number of likely N-dealkylation sites (tertiary alicyclic amines) is 1. The Morgan fingerprint density at radius 2 is 1.82 bits per heavy atom. The lowest BCUT2D eigenvalue weighted by atomic mass is 9.80. The van der Waals surface area contributed by atoms with Crippen LogP contribution in [0.4, 0.5) is 0 Å². The predicted molar refractivity (Wildman–Crippen MR) is 109 cm³/mol. The molecule has 5 heteroatoms. The van der Waals surface area contributed by atoms with Crippen molar-refractivity contribution in [3.05, 3.63) is 65.7 Å². The van der Waals surface area contributed by atoms with Crippen LogP contribution in [0.25, 0.3) is 0 Å². The fourth-order valence-corrected chi connectivity index (χ4v) is 3.63. The fourth-order valence-electron chi connectivity index (χ4n) is 3.63. The van der Waals surface area contributed by atoms with Gasteiger partial charge in [-0.05, 0) is 56.5 Å². The summed E-state index contributed by atoms with van der Waals surface area (Å²) in [6.07, 6.45) is 1.60. The van der Waals surface area contributed by atoms with Gasteiger partial charge in [0.25, 0.3) is 5.91 Å². The standard InChI is InChI=1S/C23H28N2O3/c1-3-28-20-12-10-19(11-13-20)21(26)25-15-7-14-23(2,17-25)22(27)24-16-18-8-5-4-6-9-18/h4-6,8-13H,3,7,14-17H2,1-2H3,(H,24,27)/t23-/m0/s1. The molecule has 2 aromatic carbocycles. The van der Waals surface area contributed by atoms with Gasteiger partial charge in [-0.3, -0.25) is 9.59 Å². The van der Waals surface area contributed by atoms with Crippen molar-refractivity contribution < 1.29 is 14.3 Å².